The predicted molar refractivity (Wildman–Crippen MR) is 71.1 cm³/mol. The van der Waals surface area contributed by atoms with Gasteiger partial charge in [0.15, 0.2) is 0 Å². The highest BCUT2D eigenvalue weighted by molar-refractivity contribution is 6.61. The SMILES string of the molecule is CC1(C)OB(c2cn(C34CC(C3)C4)nn2)OC1(C)C. The van der Waals surface area contributed by atoms with Crippen molar-refractivity contribution in [1.29, 1.82) is 0 Å². The zero-order chi connectivity index (χ0) is 13.5. The second-order valence-electron chi connectivity index (χ2n) is 7.38. The summed E-state index contributed by atoms with van der Waals surface area (Å²) in [5, 5.41) is 8.56. The quantitative estimate of drug-likeness (QED) is 0.748. The zero-order valence-electron chi connectivity index (χ0n) is 12.0. The van der Waals surface area contributed by atoms with Gasteiger partial charge in [0.25, 0.3) is 0 Å². The van der Waals surface area contributed by atoms with Crippen molar-refractivity contribution < 1.29 is 9.31 Å². The standard InChI is InChI=1S/C13H20BN3O2/c1-11(2)12(3,4)19-14(18-11)10-8-17(16-15-10)13-5-9(6-13)7-13/h8-9H,5-7H2,1-4H3. The van der Waals surface area contributed by atoms with E-state index in [1.807, 2.05) is 10.9 Å². The van der Waals surface area contributed by atoms with Gasteiger partial charge in [0.2, 0.25) is 0 Å². The molecule has 0 amide bonds. The Morgan fingerprint density at radius 3 is 2.21 bits per heavy atom. The molecule has 0 spiro atoms. The molecule has 3 saturated carbocycles. The fourth-order valence-corrected chi connectivity index (χ4v) is 3.29. The van der Waals surface area contributed by atoms with Crippen molar-refractivity contribution in [2.75, 3.05) is 0 Å². The Morgan fingerprint density at radius 2 is 1.74 bits per heavy atom. The Labute approximate surface area is 113 Å². The number of rotatable bonds is 2. The lowest BCUT2D eigenvalue weighted by atomic mass is 9.50. The van der Waals surface area contributed by atoms with E-state index in [0.29, 0.717) is 0 Å². The van der Waals surface area contributed by atoms with Crippen LogP contribution in [0.2, 0.25) is 0 Å². The molecule has 0 unspecified atom stereocenters. The lowest BCUT2D eigenvalue weighted by molar-refractivity contribution is -0.0988. The maximum absolute atomic E-state index is 6.00. The van der Waals surface area contributed by atoms with E-state index in [4.69, 9.17) is 9.31 Å². The van der Waals surface area contributed by atoms with Gasteiger partial charge in [0, 0.05) is 6.20 Å². The maximum Gasteiger partial charge on any atom is 0.518 e. The van der Waals surface area contributed by atoms with E-state index >= 15 is 0 Å². The van der Waals surface area contributed by atoms with Gasteiger partial charge in [-0.25, -0.2) is 4.68 Å². The Hall–Kier alpha value is -0.875. The van der Waals surface area contributed by atoms with Gasteiger partial charge in [-0.05, 0) is 52.9 Å². The molecule has 1 aliphatic heterocycles. The van der Waals surface area contributed by atoms with Gasteiger partial charge in [0.1, 0.15) is 5.59 Å². The molecule has 1 saturated heterocycles. The first-order valence-corrected chi connectivity index (χ1v) is 7.10. The van der Waals surface area contributed by atoms with Crippen LogP contribution >= 0.6 is 0 Å². The summed E-state index contributed by atoms with van der Waals surface area (Å²) >= 11 is 0. The minimum Gasteiger partial charge on any atom is -0.398 e. The molecule has 4 fully saturated rings. The van der Waals surface area contributed by atoms with E-state index in [1.165, 1.54) is 19.3 Å². The molecule has 19 heavy (non-hydrogen) atoms. The van der Waals surface area contributed by atoms with Gasteiger partial charge in [-0.1, -0.05) is 5.21 Å². The number of hydrogen-bond donors (Lipinski definition) is 0. The first kappa shape index (κ1) is 11.9. The molecule has 2 bridgehead atoms. The van der Waals surface area contributed by atoms with Crippen LogP contribution in [0, 0.1) is 5.92 Å². The minimum absolute atomic E-state index is 0.277. The van der Waals surface area contributed by atoms with Crippen molar-refractivity contribution in [2.45, 2.75) is 63.7 Å². The van der Waals surface area contributed by atoms with Gasteiger partial charge in [-0.3, -0.25) is 0 Å². The smallest absolute Gasteiger partial charge is 0.398 e. The third kappa shape index (κ3) is 1.44. The summed E-state index contributed by atoms with van der Waals surface area (Å²) in [5.41, 5.74) is 0.429. The average Bonchev–Trinajstić information content (AvgIpc) is 2.66. The van der Waals surface area contributed by atoms with Crippen LogP contribution in [0.1, 0.15) is 47.0 Å². The van der Waals surface area contributed by atoms with Crippen LogP contribution in [-0.4, -0.2) is 33.3 Å². The van der Waals surface area contributed by atoms with Crippen molar-refractivity contribution in [2.24, 2.45) is 5.92 Å². The molecule has 5 rings (SSSR count). The molecule has 3 aliphatic carbocycles. The second kappa shape index (κ2) is 3.23. The van der Waals surface area contributed by atoms with Gasteiger partial charge >= 0.3 is 7.12 Å². The Bertz CT molecular complexity index is 507. The monoisotopic (exact) mass is 261 g/mol. The molecule has 102 valence electrons. The molecule has 1 aromatic rings. The number of hydrogen-bond acceptors (Lipinski definition) is 4. The summed E-state index contributed by atoms with van der Waals surface area (Å²) in [4.78, 5) is 0. The Morgan fingerprint density at radius 1 is 1.16 bits per heavy atom. The Kier molecular flexibility index (Phi) is 2.03. The van der Waals surface area contributed by atoms with Gasteiger partial charge in [-0.2, -0.15) is 0 Å². The topological polar surface area (TPSA) is 49.2 Å². The van der Waals surface area contributed by atoms with Gasteiger partial charge in [0.05, 0.1) is 16.7 Å². The van der Waals surface area contributed by atoms with E-state index in [-0.39, 0.29) is 16.7 Å². The van der Waals surface area contributed by atoms with E-state index in [9.17, 15) is 0 Å². The van der Waals surface area contributed by atoms with Crippen molar-refractivity contribution >= 4 is 12.7 Å². The van der Waals surface area contributed by atoms with Crippen molar-refractivity contribution in [1.82, 2.24) is 15.0 Å². The molecule has 5 nitrogen and oxygen atoms in total. The number of nitrogens with zero attached hydrogens (tertiary/aromatic N) is 3. The molecular weight excluding hydrogens is 241 g/mol. The lowest BCUT2D eigenvalue weighted by Gasteiger charge is -2.61. The molecule has 6 heteroatoms. The summed E-state index contributed by atoms with van der Waals surface area (Å²) in [6.45, 7) is 8.22. The average molecular weight is 261 g/mol. The van der Waals surface area contributed by atoms with Crippen LogP contribution in [0.3, 0.4) is 0 Å². The van der Waals surface area contributed by atoms with Crippen molar-refractivity contribution in [3.63, 3.8) is 0 Å². The first-order chi connectivity index (χ1) is 8.81. The summed E-state index contributed by atoms with van der Waals surface area (Å²) in [7, 11) is -0.397. The first-order valence-electron chi connectivity index (χ1n) is 7.10. The largest absolute Gasteiger partial charge is 0.518 e. The predicted octanol–water partition coefficient (Wildman–Crippen LogP) is 1.09. The second-order valence-corrected chi connectivity index (χ2v) is 7.38. The normalized spacial score (nSPS) is 37.9. The molecule has 2 heterocycles. The zero-order valence-corrected chi connectivity index (χ0v) is 12.0. The van der Waals surface area contributed by atoms with Crippen LogP contribution in [0.15, 0.2) is 6.20 Å². The van der Waals surface area contributed by atoms with E-state index in [1.54, 1.807) is 0 Å². The van der Waals surface area contributed by atoms with E-state index in [0.717, 1.165) is 11.5 Å². The van der Waals surface area contributed by atoms with E-state index in [2.05, 4.69) is 38.0 Å². The molecule has 0 radical (unpaired) electrons. The Balaban J connectivity index is 1.57. The fraction of sp³-hybridized carbons (Fsp3) is 0.846. The van der Waals surface area contributed by atoms with Crippen LogP contribution < -0.4 is 5.59 Å². The van der Waals surface area contributed by atoms with Gasteiger partial charge in [-0.15, -0.1) is 5.10 Å². The minimum atomic E-state index is -0.397. The molecule has 0 aromatic carbocycles. The van der Waals surface area contributed by atoms with Crippen LogP contribution in [0.5, 0.6) is 0 Å². The van der Waals surface area contributed by atoms with Crippen LogP contribution in [0.4, 0.5) is 0 Å². The summed E-state index contributed by atoms with van der Waals surface area (Å²) in [5.74, 6) is 0.935. The highest BCUT2D eigenvalue weighted by atomic mass is 16.7. The highest BCUT2D eigenvalue weighted by Crippen LogP contribution is 2.61. The van der Waals surface area contributed by atoms with Crippen molar-refractivity contribution in [3.05, 3.63) is 6.20 Å². The third-order valence-electron chi connectivity index (χ3n) is 5.50. The van der Waals surface area contributed by atoms with Gasteiger partial charge < -0.3 is 9.31 Å². The summed E-state index contributed by atoms with van der Waals surface area (Å²) in [6.07, 6.45) is 5.80. The number of aromatic nitrogens is 3. The van der Waals surface area contributed by atoms with Crippen molar-refractivity contribution in [3.8, 4) is 0 Å². The van der Waals surface area contributed by atoms with Crippen LogP contribution in [-0.2, 0) is 14.8 Å². The third-order valence-corrected chi connectivity index (χ3v) is 5.50. The maximum atomic E-state index is 6.00. The molecule has 1 aromatic heterocycles. The van der Waals surface area contributed by atoms with Crippen LogP contribution in [0.25, 0.3) is 0 Å². The molecule has 0 atom stereocenters. The highest BCUT2D eigenvalue weighted by Gasteiger charge is 2.59. The fourth-order valence-electron chi connectivity index (χ4n) is 3.29. The summed E-state index contributed by atoms with van der Waals surface area (Å²) in [6, 6.07) is 0. The molecular formula is C13H20BN3O2. The lowest BCUT2D eigenvalue weighted by Crippen LogP contribution is -2.59. The molecule has 4 aliphatic rings. The van der Waals surface area contributed by atoms with E-state index < -0.39 is 7.12 Å². The molecule has 0 N–H and O–H groups in total. The summed E-state index contributed by atoms with van der Waals surface area (Å²) < 4.78 is 14.0.